The number of ether oxygens (including phenoxy) is 2. The highest BCUT2D eigenvalue weighted by atomic mass is 35.5. The van der Waals surface area contributed by atoms with Crippen molar-refractivity contribution in [2.45, 2.75) is 13.0 Å². The number of nitrogens with one attached hydrogen (secondary N) is 2. The first-order valence-electron chi connectivity index (χ1n) is 11.3. The van der Waals surface area contributed by atoms with Crippen molar-refractivity contribution in [3.63, 3.8) is 0 Å². The van der Waals surface area contributed by atoms with E-state index in [1.807, 2.05) is 30.3 Å². The Kier molecular flexibility index (Phi) is 7.59. The van der Waals surface area contributed by atoms with E-state index in [9.17, 15) is 9.59 Å². The van der Waals surface area contributed by atoms with E-state index in [1.54, 1.807) is 26.2 Å². The molecule has 0 spiro atoms. The molecule has 2 N–H and O–H groups in total. The van der Waals surface area contributed by atoms with Crippen molar-refractivity contribution in [3.05, 3.63) is 70.4 Å². The summed E-state index contributed by atoms with van der Waals surface area (Å²) in [7, 11) is 1.66. The molecule has 1 saturated heterocycles. The molecule has 0 aromatic heterocycles. The van der Waals surface area contributed by atoms with Crippen LogP contribution in [-0.4, -0.2) is 63.3 Å². The van der Waals surface area contributed by atoms with Crippen molar-refractivity contribution in [1.29, 1.82) is 0 Å². The van der Waals surface area contributed by atoms with Gasteiger partial charge in [0.2, 0.25) is 0 Å². The van der Waals surface area contributed by atoms with E-state index in [4.69, 9.17) is 21.1 Å². The molecule has 8 nitrogen and oxygen atoms in total. The van der Waals surface area contributed by atoms with Crippen LogP contribution in [0.15, 0.2) is 59.8 Å². The van der Waals surface area contributed by atoms with Crippen LogP contribution >= 0.6 is 11.6 Å². The minimum Gasteiger partial charge on any atom is -0.497 e. The molecule has 0 bridgehead atoms. The molecule has 0 unspecified atom stereocenters. The Morgan fingerprint density at radius 1 is 1.12 bits per heavy atom. The fourth-order valence-corrected chi connectivity index (χ4v) is 4.42. The summed E-state index contributed by atoms with van der Waals surface area (Å²) in [5.41, 5.74) is 2.86. The predicted molar refractivity (Wildman–Crippen MR) is 131 cm³/mol. The number of benzene rings is 2. The van der Waals surface area contributed by atoms with Gasteiger partial charge in [0.1, 0.15) is 5.75 Å². The first-order chi connectivity index (χ1) is 16.5. The van der Waals surface area contributed by atoms with Crippen molar-refractivity contribution in [1.82, 2.24) is 15.5 Å². The zero-order valence-corrected chi connectivity index (χ0v) is 20.1. The fraction of sp³-hybridized carbons (Fsp3) is 0.360. The second kappa shape index (κ2) is 10.8. The number of piperazine rings is 1. The van der Waals surface area contributed by atoms with E-state index in [-0.39, 0.29) is 12.6 Å². The third kappa shape index (κ3) is 5.46. The average molecular weight is 485 g/mol. The minimum absolute atomic E-state index is 0.246. The minimum atomic E-state index is -0.613. The van der Waals surface area contributed by atoms with Gasteiger partial charge in [-0.15, -0.1) is 0 Å². The quantitative estimate of drug-likeness (QED) is 0.586. The number of carbonyl (C=O) groups excluding carboxylic acids is 2. The maximum atomic E-state index is 13.0. The zero-order chi connectivity index (χ0) is 24.1. The van der Waals surface area contributed by atoms with Gasteiger partial charge in [0.15, 0.2) is 0 Å². The first-order valence-corrected chi connectivity index (χ1v) is 11.7. The van der Waals surface area contributed by atoms with Gasteiger partial charge in [-0.2, -0.15) is 0 Å². The van der Waals surface area contributed by atoms with Crippen molar-refractivity contribution in [2.24, 2.45) is 0 Å². The second-order valence-electron chi connectivity index (χ2n) is 8.16. The van der Waals surface area contributed by atoms with E-state index >= 15 is 0 Å². The number of halogens is 1. The number of nitrogens with zero attached hydrogens (tertiary/aromatic N) is 2. The zero-order valence-electron chi connectivity index (χ0n) is 19.3. The highest BCUT2D eigenvalue weighted by Crippen LogP contribution is 2.29. The molecule has 0 aliphatic carbocycles. The number of anilines is 1. The van der Waals surface area contributed by atoms with Gasteiger partial charge >= 0.3 is 12.0 Å². The lowest BCUT2D eigenvalue weighted by Gasteiger charge is -2.38. The molecule has 0 radical (unpaired) electrons. The summed E-state index contributed by atoms with van der Waals surface area (Å²) in [4.78, 5) is 30.0. The fourth-order valence-electron chi connectivity index (χ4n) is 4.29. The third-order valence-electron chi connectivity index (χ3n) is 6.02. The van der Waals surface area contributed by atoms with E-state index in [2.05, 4.69) is 26.5 Å². The molecule has 2 aromatic carbocycles. The summed E-state index contributed by atoms with van der Waals surface area (Å²) in [5, 5.41) is 6.29. The van der Waals surface area contributed by atoms with Crippen LogP contribution in [0.5, 0.6) is 5.75 Å². The van der Waals surface area contributed by atoms with Crippen molar-refractivity contribution in [2.75, 3.05) is 51.3 Å². The smallest absolute Gasteiger partial charge is 0.338 e. The highest BCUT2D eigenvalue weighted by molar-refractivity contribution is 6.30. The van der Waals surface area contributed by atoms with Crippen molar-refractivity contribution < 1.29 is 19.1 Å². The molecule has 4 rings (SSSR count). The number of hydrogen-bond donors (Lipinski definition) is 2. The highest BCUT2D eigenvalue weighted by Gasteiger charge is 2.34. The topological polar surface area (TPSA) is 83.1 Å². The van der Waals surface area contributed by atoms with Crippen LogP contribution in [0.25, 0.3) is 0 Å². The monoisotopic (exact) mass is 484 g/mol. The van der Waals surface area contributed by atoms with Crippen LogP contribution in [0, 0.1) is 0 Å². The van der Waals surface area contributed by atoms with Crippen LogP contribution in [0.1, 0.15) is 18.5 Å². The Morgan fingerprint density at radius 3 is 2.53 bits per heavy atom. The van der Waals surface area contributed by atoms with Gasteiger partial charge in [0.05, 0.1) is 25.3 Å². The molecule has 2 aliphatic rings. The van der Waals surface area contributed by atoms with Crippen LogP contribution in [0.3, 0.4) is 0 Å². The van der Waals surface area contributed by atoms with Gasteiger partial charge in [-0.3, -0.25) is 4.90 Å². The van der Waals surface area contributed by atoms with E-state index in [1.165, 1.54) is 0 Å². The van der Waals surface area contributed by atoms with Crippen LogP contribution in [0.4, 0.5) is 10.5 Å². The molecule has 1 fully saturated rings. The number of rotatable bonds is 7. The van der Waals surface area contributed by atoms with Crippen LogP contribution in [0.2, 0.25) is 5.02 Å². The Morgan fingerprint density at radius 2 is 1.85 bits per heavy atom. The lowest BCUT2D eigenvalue weighted by atomic mass is 9.95. The standard InChI is InChI=1S/C25H29ClN4O4/c1-3-34-24(31)22-21(27-25(32)28-23(22)17-7-9-18(26)10-8-17)16-29-11-13-30(14-12-29)19-5-4-6-20(15-19)33-2/h4-10,15,23H,3,11-14,16H2,1-2H3,(H2,27,28,32)/t23-/m1/s1. The summed E-state index contributed by atoms with van der Waals surface area (Å²) >= 11 is 6.04. The number of amides is 2. The molecule has 2 aromatic rings. The van der Waals surface area contributed by atoms with E-state index in [0.717, 1.165) is 43.2 Å². The van der Waals surface area contributed by atoms with Crippen LogP contribution in [-0.2, 0) is 9.53 Å². The third-order valence-corrected chi connectivity index (χ3v) is 6.28. The van der Waals surface area contributed by atoms with Crippen LogP contribution < -0.4 is 20.3 Å². The number of esters is 1. The van der Waals surface area contributed by atoms with Crippen molar-refractivity contribution in [3.8, 4) is 5.75 Å². The van der Waals surface area contributed by atoms with Gasteiger partial charge < -0.3 is 25.0 Å². The number of methoxy groups -OCH3 is 1. The molecule has 1 atom stereocenters. The SMILES string of the molecule is CCOC(=O)C1=C(CN2CCN(c3cccc(OC)c3)CC2)NC(=O)N[C@@H]1c1ccc(Cl)cc1. The molecule has 34 heavy (non-hydrogen) atoms. The largest absolute Gasteiger partial charge is 0.497 e. The van der Waals surface area contributed by atoms with Gasteiger partial charge in [-0.1, -0.05) is 29.8 Å². The molecular weight excluding hydrogens is 456 g/mol. The molecule has 2 heterocycles. The summed E-state index contributed by atoms with van der Waals surface area (Å²) in [6, 6.07) is 14.2. The predicted octanol–water partition coefficient (Wildman–Crippen LogP) is 3.34. The van der Waals surface area contributed by atoms with E-state index in [0.29, 0.717) is 22.8 Å². The lowest BCUT2D eigenvalue weighted by molar-refractivity contribution is -0.139. The maximum absolute atomic E-state index is 13.0. The summed E-state index contributed by atoms with van der Waals surface area (Å²) in [6.07, 6.45) is 0. The molecule has 2 amide bonds. The average Bonchev–Trinajstić information content (AvgIpc) is 2.85. The first kappa shape index (κ1) is 23.9. The van der Waals surface area contributed by atoms with Crippen molar-refractivity contribution >= 4 is 29.3 Å². The molecular formula is C25H29ClN4O4. The van der Waals surface area contributed by atoms with Gasteiger partial charge in [-0.05, 0) is 36.8 Å². The molecule has 0 saturated carbocycles. The molecule has 2 aliphatic heterocycles. The Hall–Kier alpha value is -3.23. The Balaban J connectivity index is 1.54. The normalized spacial score (nSPS) is 18.9. The van der Waals surface area contributed by atoms with Gasteiger partial charge in [0, 0.05) is 55.2 Å². The Labute approximate surface area is 204 Å². The number of carbonyl (C=O) groups is 2. The number of urea groups is 1. The molecule has 9 heteroatoms. The van der Waals surface area contributed by atoms with Gasteiger partial charge in [-0.25, -0.2) is 9.59 Å². The van der Waals surface area contributed by atoms with Gasteiger partial charge in [0.25, 0.3) is 0 Å². The maximum Gasteiger partial charge on any atom is 0.338 e. The molecule has 180 valence electrons. The second-order valence-corrected chi connectivity index (χ2v) is 8.60. The Bertz CT molecular complexity index is 1060. The number of hydrogen-bond acceptors (Lipinski definition) is 6. The van der Waals surface area contributed by atoms with E-state index < -0.39 is 12.0 Å². The summed E-state index contributed by atoms with van der Waals surface area (Å²) < 4.78 is 10.7. The lowest BCUT2D eigenvalue weighted by Crippen LogP contribution is -2.51. The summed E-state index contributed by atoms with van der Waals surface area (Å²) in [5.74, 6) is 0.384. The summed E-state index contributed by atoms with van der Waals surface area (Å²) in [6.45, 7) is 5.66.